The molecular weight excluding hydrogens is 332 g/mol. The maximum absolute atomic E-state index is 12.8. The quantitative estimate of drug-likeness (QED) is 0.806. The van der Waals surface area contributed by atoms with E-state index in [1.807, 2.05) is 34.1 Å². The lowest BCUT2D eigenvalue weighted by atomic mass is 9.82. The van der Waals surface area contributed by atoms with E-state index in [-0.39, 0.29) is 11.8 Å². The third kappa shape index (κ3) is 4.18. The Labute approximate surface area is 155 Å². The van der Waals surface area contributed by atoms with Gasteiger partial charge in [-0.25, -0.2) is 0 Å². The van der Waals surface area contributed by atoms with E-state index >= 15 is 0 Å². The van der Waals surface area contributed by atoms with Gasteiger partial charge in [-0.05, 0) is 48.9 Å². The first-order valence-corrected chi connectivity index (χ1v) is 9.32. The molecule has 2 saturated heterocycles. The monoisotopic (exact) mass is 360 g/mol. The number of ether oxygens (including phenoxy) is 2. The molecule has 0 bridgehead atoms. The van der Waals surface area contributed by atoms with Crippen LogP contribution in [0, 0.1) is 11.8 Å². The molecule has 3 rings (SSSR count). The van der Waals surface area contributed by atoms with Gasteiger partial charge in [0, 0.05) is 45.3 Å². The number of amides is 2. The van der Waals surface area contributed by atoms with Gasteiger partial charge >= 0.3 is 0 Å². The number of nitrogens with zero attached hydrogens (tertiary/aromatic N) is 2. The first-order chi connectivity index (χ1) is 12.6. The molecule has 6 nitrogen and oxygen atoms in total. The van der Waals surface area contributed by atoms with E-state index in [0.29, 0.717) is 37.0 Å². The highest BCUT2D eigenvalue weighted by atomic mass is 16.5. The molecule has 0 radical (unpaired) electrons. The average molecular weight is 360 g/mol. The number of rotatable bonds is 5. The fourth-order valence-electron chi connectivity index (χ4n) is 4.01. The predicted octanol–water partition coefficient (Wildman–Crippen LogP) is 2.04. The smallest absolute Gasteiger partial charge is 0.253 e. The van der Waals surface area contributed by atoms with E-state index < -0.39 is 0 Å². The standard InChI is InChI=1S/C20H28N2O4/c1-25-12-11-21-9-8-17-14-22(10-7-16(17)13-19(21)23)20(24)15-3-5-18(26-2)6-4-15/h3-6,16-17H,7-14H2,1-2H3/t16-,17-/m0/s1. The van der Waals surface area contributed by atoms with Crippen molar-refractivity contribution in [2.24, 2.45) is 11.8 Å². The van der Waals surface area contributed by atoms with Crippen molar-refractivity contribution in [1.29, 1.82) is 0 Å². The average Bonchev–Trinajstić information content (AvgIpc) is 2.83. The Bertz CT molecular complexity index is 631. The number of benzene rings is 1. The van der Waals surface area contributed by atoms with E-state index in [4.69, 9.17) is 9.47 Å². The molecule has 2 fully saturated rings. The molecule has 0 saturated carbocycles. The summed E-state index contributed by atoms with van der Waals surface area (Å²) < 4.78 is 10.3. The maximum Gasteiger partial charge on any atom is 0.253 e. The molecule has 2 atom stereocenters. The fourth-order valence-corrected chi connectivity index (χ4v) is 4.01. The molecule has 0 N–H and O–H groups in total. The second kappa shape index (κ2) is 8.54. The highest BCUT2D eigenvalue weighted by Crippen LogP contribution is 2.33. The van der Waals surface area contributed by atoms with Crippen molar-refractivity contribution in [1.82, 2.24) is 9.80 Å². The molecule has 2 amide bonds. The largest absolute Gasteiger partial charge is 0.497 e. The summed E-state index contributed by atoms with van der Waals surface area (Å²) in [5.74, 6) is 1.82. The molecule has 0 aromatic heterocycles. The van der Waals surface area contributed by atoms with Crippen LogP contribution in [-0.4, -0.2) is 68.6 Å². The number of likely N-dealkylation sites (tertiary alicyclic amines) is 2. The Morgan fingerprint density at radius 3 is 2.54 bits per heavy atom. The molecule has 2 aliphatic heterocycles. The Morgan fingerprint density at radius 2 is 1.85 bits per heavy atom. The van der Waals surface area contributed by atoms with Gasteiger partial charge in [0.1, 0.15) is 5.75 Å². The summed E-state index contributed by atoms with van der Waals surface area (Å²) in [6, 6.07) is 7.27. The van der Waals surface area contributed by atoms with Gasteiger partial charge in [-0.2, -0.15) is 0 Å². The molecule has 1 aromatic rings. The van der Waals surface area contributed by atoms with Crippen LogP contribution in [0.25, 0.3) is 0 Å². The van der Waals surface area contributed by atoms with Crippen molar-refractivity contribution < 1.29 is 19.1 Å². The number of hydrogen-bond donors (Lipinski definition) is 0. The summed E-state index contributed by atoms with van der Waals surface area (Å²) in [7, 11) is 3.27. The van der Waals surface area contributed by atoms with Gasteiger partial charge in [0.15, 0.2) is 0 Å². The van der Waals surface area contributed by atoms with Crippen molar-refractivity contribution in [3.63, 3.8) is 0 Å². The lowest BCUT2D eigenvalue weighted by Crippen LogP contribution is -2.43. The van der Waals surface area contributed by atoms with Crippen LogP contribution in [0.2, 0.25) is 0 Å². The van der Waals surface area contributed by atoms with E-state index in [2.05, 4.69) is 0 Å². The maximum atomic E-state index is 12.8. The molecule has 1 aromatic carbocycles. The van der Waals surface area contributed by atoms with Gasteiger partial charge in [-0.1, -0.05) is 0 Å². The van der Waals surface area contributed by atoms with Crippen molar-refractivity contribution in [2.75, 3.05) is 47.0 Å². The van der Waals surface area contributed by atoms with E-state index in [1.54, 1.807) is 14.2 Å². The second-order valence-corrected chi connectivity index (χ2v) is 7.15. The Kier molecular flexibility index (Phi) is 6.14. The van der Waals surface area contributed by atoms with Gasteiger partial charge in [0.25, 0.3) is 5.91 Å². The number of hydrogen-bond acceptors (Lipinski definition) is 4. The van der Waals surface area contributed by atoms with Crippen LogP contribution in [0.5, 0.6) is 5.75 Å². The predicted molar refractivity (Wildman–Crippen MR) is 98.2 cm³/mol. The van der Waals surface area contributed by atoms with Gasteiger partial charge in [-0.15, -0.1) is 0 Å². The summed E-state index contributed by atoms with van der Waals surface area (Å²) >= 11 is 0. The summed E-state index contributed by atoms with van der Waals surface area (Å²) in [5.41, 5.74) is 0.690. The highest BCUT2D eigenvalue weighted by molar-refractivity contribution is 5.94. The summed E-state index contributed by atoms with van der Waals surface area (Å²) in [4.78, 5) is 29.1. The van der Waals surface area contributed by atoms with E-state index in [1.165, 1.54) is 0 Å². The Morgan fingerprint density at radius 1 is 1.12 bits per heavy atom. The third-order valence-corrected chi connectivity index (χ3v) is 5.64. The molecule has 0 aliphatic carbocycles. The Hall–Kier alpha value is -2.08. The molecule has 0 spiro atoms. The van der Waals surface area contributed by atoms with Crippen LogP contribution in [-0.2, 0) is 9.53 Å². The molecule has 142 valence electrons. The second-order valence-electron chi connectivity index (χ2n) is 7.15. The molecule has 0 unspecified atom stereocenters. The summed E-state index contributed by atoms with van der Waals surface area (Å²) in [6.45, 7) is 3.44. The number of methoxy groups -OCH3 is 2. The van der Waals surface area contributed by atoms with E-state index in [0.717, 1.165) is 38.2 Å². The molecule has 2 heterocycles. The summed E-state index contributed by atoms with van der Waals surface area (Å²) in [6.07, 6.45) is 2.45. The molecule has 26 heavy (non-hydrogen) atoms. The van der Waals surface area contributed by atoms with Crippen molar-refractivity contribution in [2.45, 2.75) is 19.3 Å². The van der Waals surface area contributed by atoms with Gasteiger partial charge in [-0.3, -0.25) is 9.59 Å². The third-order valence-electron chi connectivity index (χ3n) is 5.64. The number of piperidine rings is 1. The molecule has 6 heteroatoms. The summed E-state index contributed by atoms with van der Waals surface area (Å²) in [5, 5.41) is 0. The van der Waals surface area contributed by atoms with Gasteiger partial charge < -0.3 is 19.3 Å². The fraction of sp³-hybridized carbons (Fsp3) is 0.600. The Balaban J connectivity index is 1.62. The van der Waals surface area contributed by atoms with Crippen LogP contribution in [0.15, 0.2) is 24.3 Å². The highest BCUT2D eigenvalue weighted by Gasteiger charge is 2.36. The zero-order chi connectivity index (χ0) is 18.5. The minimum Gasteiger partial charge on any atom is -0.497 e. The van der Waals surface area contributed by atoms with Gasteiger partial charge in [0.05, 0.1) is 13.7 Å². The number of carbonyl (C=O) groups excluding carboxylic acids is 2. The van der Waals surface area contributed by atoms with Crippen LogP contribution in [0.4, 0.5) is 0 Å². The zero-order valence-electron chi connectivity index (χ0n) is 15.6. The first-order valence-electron chi connectivity index (χ1n) is 9.32. The van der Waals surface area contributed by atoms with Crippen molar-refractivity contribution in [3.8, 4) is 5.75 Å². The SMILES string of the molecule is COCCN1CC[C@H]2CN(C(=O)c3ccc(OC)cc3)CC[C@H]2CC1=O. The number of fused-ring (bicyclic) bond motifs is 1. The zero-order valence-corrected chi connectivity index (χ0v) is 15.6. The molecular formula is C20H28N2O4. The lowest BCUT2D eigenvalue weighted by Gasteiger charge is -2.37. The lowest BCUT2D eigenvalue weighted by molar-refractivity contribution is -0.132. The normalized spacial score (nSPS) is 23.4. The van der Waals surface area contributed by atoms with Crippen LogP contribution >= 0.6 is 0 Å². The van der Waals surface area contributed by atoms with Crippen LogP contribution in [0.3, 0.4) is 0 Å². The van der Waals surface area contributed by atoms with Crippen molar-refractivity contribution in [3.05, 3.63) is 29.8 Å². The topological polar surface area (TPSA) is 59.1 Å². The van der Waals surface area contributed by atoms with E-state index in [9.17, 15) is 9.59 Å². The first kappa shape index (κ1) is 18.7. The number of carbonyl (C=O) groups is 2. The van der Waals surface area contributed by atoms with Gasteiger partial charge in [0.2, 0.25) is 5.91 Å². The molecule has 2 aliphatic rings. The van der Waals surface area contributed by atoms with Crippen molar-refractivity contribution >= 4 is 11.8 Å². The minimum atomic E-state index is 0.0675. The van der Waals surface area contributed by atoms with Crippen LogP contribution < -0.4 is 4.74 Å². The van der Waals surface area contributed by atoms with Crippen LogP contribution in [0.1, 0.15) is 29.6 Å². The minimum absolute atomic E-state index is 0.0675.